The fourth-order valence-electron chi connectivity index (χ4n) is 2.09. The summed E-state index contributed by atoms with van der Waals surface area (Å²) in [6, 6.07) is -1.18. The Morgan fingerprint density at radius 3 is 2.38 bits per heavy atom. The Kier molecular flexibility index (Phi) is 4.15. The lowest BCUT2D eigenvalue weighted by Crippen LogP contribution is -2.52. The fraction of sp³-hybridized carbons (Fsp3) is 0.818. The number of hydrogen-bond donors (Lipinski definition) is 3. The molecule has 1 atom stereocenters. The molecule has 0 bridgehead atoms. The SMILES string of the molecule is CC[C@@H](NC(=O)NC1(C)CCCC1)C(=O)O. The second kappa shape index (κ2) is 5.18. The van der Waals surface area contributed by atoms with Crippen LogP contribution in [0.3, 0.4) is 0 Å². The first-order valence-corrected chi connectivity index (χ1v) is 5.78. The number of nitrogens with one attached hydrogen (secondary N) is 2. The zero-order valence-electron chi connectivity index (χ0n) is 9.88. The number of aliphatic carboxylic acids is 1. The van der Waals surface area contributed by atoms with Gasteiger partial charge in [0.05, 0.1) is 0 Å². The smallest absolute Gasteiger partial charge is 0.326 e. The third-order valence-electron chi connectivity index (χ3n) is 3.13. The average Bonchev–Trinajstić information content (AvgIpc) is 2.60. The van der Waals surface area contributed by atoms with Crippen molar-refractivity contribution in [3.05, 3.63) is 0 Å². The molecule has 1 aliphatic rings. The highest BCUT2D eigenvalue weighted by Gasteiger charge is 2.31. The summed E-state index contributed by atoms with van der Waals surface area (Å²) in [6.45, 7) is 3.73. The summed E-state index contributed by atoms with van der Waals surface area (Å²) in [5.74, 6) is -0.991. The van der Waals surface area contributed by atoms with Crippen LogP contribution < -0.4 is 10.6 Å². The van der Waals surface area contributed by atoms with Crippen LogP contribution in [0.15, 0.2) is 0 Å². The number of carboxylic acid groups (broad SMARTS) is 1. The predicted octanol–water partition coefficient (Wildman–Crippen LogP) is 1.48. The van der Waals surface area contributed by atoms with Crippen molar-refractivity contribution in [1.29, 1.82) is 0 Å². The predicted molar refractivity (Wildman–Crippen MR) is 60.3 cm³/mol. The van der Waals surface area contributed by atoms with Crippen LogP contribution in [0.5, 0.6) is 0 Å². The lowest BCUT2D eigenvalue weighted by molar-refractivity contribution is -0.139. The molecule has 5 nitrogen and oxygen atoms in total. The van der Waals surface area contributed by atoms with E-state index >= 15 is 0 Å². The molecule has 16 heavy (non-hydrogen) atoms. The molecule has 0 spiro atoms. The van der Waals surface area contributed by atoms with Crippen LogP contribution >= 0.6 is 0 Å². The number of hydrogen-bond acceptors (Lipinski definition) is 2. The summed E-state index contributed by atoms with van der Waals surface area (Å²) in [6.07, 6.45) is 4.55. The summed E-state index contributed by atoms with van der Waals surface area (Å²) in [7, 11) is 0. The maximum Gasteiger partial charge on any atom is 0.326 e. The van der Waals surface area contributed by atoms with Crippen molar-refractivity contribution in [3.63, 3.8) is 0 Å². The van der Waals surface area contributed by atoms with Crippen molar-refractivity contribution < 1.29 is 14.7 Å². The van der Waals surface area contributed by atoms with E-state index in [2.05, 4.69) is 10.6 Å². The fourth-order valence-corrected chi connectivity index (χ4v) is 2.09. The molecular formula is C11H20N2O3. The minimum absolute atomic E-state index is 0.166. The molecule has 92 valence electrons. The first-order valence-electron chi connectivity index (χ1n) is 5.78. The van der Waals surface area contributed by atoms with Gasteiger partial charge in [-0.1, -0.05) is 19.8 Å². The maximum atomic E-state index is 11.6. The first-order chi connectivity index (χ1) is 7.47. The van der Waals surface area contributed by atoms with E-state index in [1.807, 2.05) is 6.92 Å². The summed E-state index contributed by atoms with van der Waals surface area (Å²) in [4.78, 5) is 22.3. The highest BCUT2D eigenvalue weighted by Crippen LogP contribution is 2.28. The highest BCUT2D eigenvalue weighted by atomic mass is 16.4. The van der Waals surface area contributed by atoms with Gasteiger partial charge in [-0.15, -0.1) is 0 Å². The van der Waals surface area contributed by atoms with Gasteiger partial charge in [0.25, 0.3) is 0 Å². The maximum absolute atomic E-state index is 11.6. The minimum atomic E-state index is -0.991. The standard InChI is InChI=1S/C11H20N2O3/c1-3-8(9(14)15)12-10(16)13-11(2)6-4-5-7-11/h8H,3-7H2,1-2H3,(H,14,15)(H2,12,13,16)/t8-/m1/s1. The molecule has 1 aliphatic carbocycles. The zero-order valence-corrected chi connectivity index (χ0v) is 9.88. The first kappa shape index (κ1) is 12.8. The molecule has 1 fully saturated rings. The van der Waals surface area contributed by atoms with Crippen LogP contribution in [0.2, 0.25) is 0 Å². The second-order valence-corrected chi connectivity index (χ2v) is 4.67. The van der Waals surface area contributed by atoms with Crippen LogP contribution in [-0.2, 0) is 4.79 Å². The van der Waals surface area contributed by atoms with Gasteiger partial charge < -0.3 is 15.7 Å². The Morgan fingerprint density at radius 1 is 1.38 bits per heavy atom. The van der Waals surface area contributed by atoms with Crippen LogP contribution in [-0.4, -0.2) is 28.7 Å². The van der Waals surface area contributed by atoms with Gasteiger partial charge in [0.1, 0.15) is 6.04 Å². The van der Waals surface area contributed by atoms with Crippen LogP contribution in [0.25, 0.3) is 0 Å². The highest BCUT2D eigenvalue weighted by molar-refractivity contribution is 5.82. The van der Waals surface area contributed by atoms with E-state index in [9.17, 15) is 9.59 Å². The Hall–Kier alpha value is -1.26. The van der Waals surface area contributed by atoms with E-state index in [1.165, 1.54) is 0 Å². The van der Waals surface area contributed by atoms with Crippen molar-refractivity contribution in [1.82, 2.24) is 10.6 Å². The minimum Gasteiger partial charge on any atom is -0.480 e. The summed E-state index contributed by atoms with van der Waals surface area (Å²) >= 11 is 0. The number of urea groups is 1. The monoisotopic (exact) mass is 228 g/mol. The molecule has 0 heterocycles. The van der Waals surface area contributed by atoms with Gasteiger partial charge in [0, 0.05) is 5.54 Å². The van der Waals surface area contributed by atoms with Gasteiger partial charge >= 0.3 is 12.0 Å². The van der Waals surface area contributed by atoms with Crippen molar-refractivity contribution in [2.75, 3.05) is 0 Å². The van der Waals surface area contributed by atoms with E-state index in [-0.39, 0.29) is 11.6 Å². The molecule has 2 amide bonds. The third-order valence-corrected chi connectivity index (χ3v) is 3.13. The third kappa shape index (κ3) is 3.40. The van der Waals surface area contributed by atoms with Crippen LogP contribution in [0.1, 0.15) is 46.0 Å². The molecule has 1 rings (SSSR count). The molecule has 0 unspecified atom stereocenters. The van der Waals surface area contributed by atoms with E-state index < -0.39 is 12.0 Å². The topological polar surface area (TPSA) is 78.4 Å². The number of amides is 2. The van der Waals surface area contributed by atoms with E-state index in [0.29, 0.717) is 6.42 Å². The number of carboxylic acids is 1. The normalized spacial score (nSPS) is 20.1. The zero-order chi connectivity index (χ0) is 12.2. The van der Waals surface area contributed by atoms with Gasteiger partial charge in [-0.3, -0.25) is 0 Å². The lowest BCUT2D eigenvalue weighted by atomic mass is 10.0. The van der Waals surface area contributed by atoms with Gasteiger partial charge in [-0.25, -0.2) is 9.59 Å². The van der Waals surface area contributed by atoms with Crippen molar-refractivity contribution in [2.45, 2.75) is 57.5 Å². The van der Waals surface area contributed by atoms with E-state index in [4.69, 9.17) is 5.11 Å². The van der Waals surface area contributed by atoms with Crippen molar-refractivity contribution in [3.8, 4) is 0 Å². The second-order valence-electron chi connectivity index (χ2n) is 4.67. The molecular weight excluding hydrogens is 208 g/mol. The summed E-state index contributed by atoms with van der Waals surface area (Å²) < 4.78 is 0. The molecule has 0 aromatic heterocycles. The molecule has 0 aromatic rings. The summed E-state index contributed by atoms with van der Waals surface area (Å²) in [5, 5.41) is 14.1. The van der Waals surface area contributed by atoms with Gasteiger partial charge in [0.2, 0.25) is 0 Å². The molecule has 0 aromatic carbocycles. The Balaban J connectivity index is 2.43. The largest absolute Gasteiger partial charge is 0.480 e. The molecule has 5 heteroatoms. The molecule has 0 aliphatic heterocycles. The van der Waals surface area contributed by atoms with E-state index in [1.54, 1.807) is 6.92 Å². The number of carbonyl (C=O) groups is 2. The number of carbonyl (C=O) groups excluding carboxylic acids is 1. The van der Waals surface area contributed by atoms with Crippen LogP contribution in [0.4, 0.5) is 4.79 Å². The van der Waals surface area contributed by atoms with Crippen LogP contribution in [0, 0.1) is 0 Å². The van der Waals surface area contributed by atoms with Gasteiger partial charge in [0.15, 0.2) is 0 Å². The van der Waals surface area contributed by atoms with Gasteiger partial charge in [-0.2, -0.15) is 0 Å². The molecule has 0 radical (unpaired) electrons. The Morgan fingerprint density at radius 2 is 1.94 bits per heavy atom. The Bertz CT molecular complexity index is 272. The summed E-state index contributed by atoms with van der Waals surface area (Å²) in [5.41, 5.74) is -0.166. The Labute approximate surface area is 95.6 Å². The van der Waals surface area contributed by atoms with Gasteiger partial charge in [-0.05, 0) is 26.2 Å². The van der Waals surface area contributed by atoms with E-state index in [0.717, 1.165) is 25.7 Å². The van der Waals surface area contributed by atoms with Crippen molar-refractivity contribution >= 4 is 12.0 Å². The molecule has 1 saturated carbocycles. The average molecular weight is 228 g/mol. The molecule has 0 saturated heterocycles. The quantitative estimate of drug-likeness (QED) is 0.682. The van der Waals surface area contributed by atoms with Crippen molar-refractivity contribution in [2.24, 2.45) is 0 Å². The molecule has 3 N–H and O–H groups in total. The number of rotatable bonds is 4. The lowest BCUT2D eigenvalue weighted by Gasteiger charge is -2.26.